The molecule has 0 saturated carbocycles. The van der Waals surface area contributed by atoms with Crippen LogP contribution in [0.25, 0.3) is 10.2 Å². The van der Waals surface area contributed by atoms with Gasteiger partial charge in [0.1, 0.15) is 5.82 Å². The summed E-state index contributed by atoms with van der Waals surface area (Å²) in [5, 5.41) is 13.8. The maximum Gasteiger partial charge on any atom is 0.186 e. The van der Waals surface area contributed by atoms with E-state index in [1.165, 1.54) is 16.8 Å². The van der Waals surface area contributed by atoms with Crippen LogP contribution in [0.5, 0.6) is 0 Å². The SMILES string of the molecule is Fc1ccc([C@@H](c2nnnn2Cc2ccccc2)N2CCN(c3nc4ccccc4s3)CC2)cc1. The van der Waals surface area contributed by atoms with Crippen LogP contribution in [0.2, 0.25) is 0 Å². The maximum atomic E-state index is 13.8. The number of fused-ring (bicyclic) bond motifs is 1. The van der Waals surface area contributed by atoms with Crippen molar-refractivity contribution in [1.82, 2.24) is 30.1 Å². The summed E-state index contributed by atoms with van der Waals surface area (Å²) in [7, 11) is 0. The normalized spacial score (nSPS) is 15.5. The Bertz CT molecular complexity index is 1380. The number of hydrogen-bond acceptors (Lipinski definition) is 7. The van der Waals surface area contributed by atoms with Crippen molar-refractivity contribution in [3.8, 4) is 0 Å². The minimum atomic E-state index is -0.253. The van der Waals surface area contributed by atoms with Gasteiger partial charge in [-0.3, -0.25) is 4.90 Å². The molecule has 1 atom stereocenters. The molecule has 0 radical (unpaired) electrons. The van der Waals surface area contributed by atoms with Crippen molar-refractivity contribution in [3.05, 3.63) is 102 Å². The highest BCUT2D eigenvalue weighted by atomic mass is 32.1. The third kappa shape index (κ3) is 4.52. The van der Waals surface area contributed by atoms with E-state index in [1.54, 1.807) is 11.3 Å². The first-order chi connectivity index (χ1) is 17.2. The fourth-order valence-corrected chi connectivity index (χ4v) is 5.63. The van der Waals surface area contributed by atoms with E-state index in [-0.39, 0.29) is 11.9 Å². The van der Waals surface area contributed by atoms with Gasteiger partial charge in [-0.2, -0.15) is 0 Å². The van der Waals surface area contributed by atoms with Crippen molar-refractivity contribution in [2.45, 2.75) is 12.6 Å². The van der Waals surface area contributed by atoms with Crippen LogP contribution < -0.4 is 4.90 Å². The van der Waals surface area contributed by atoms with Gasteiger partial charge in [0.2, 0.25) is 0 Å². The average molecular weight is 486 g/mol. The standard InChI is InChI=1S/C26H24FN7S/c27-21-12-10-20(11-13-21)24(25-29-30-31-34(25)18-19-6-2-1-3-7-19)32-14-16-33(17-15-32)26-28-22-8-4-5-9-23(22)35-26/h1-13,24H,14-18H2/t24-/m0/s1. The molecule has 0 N–H and O–H groups in total. The van der Waals surface area contributed by atoms with Gasteiger partial charge < -0.3 is 4.90 Å². The number of piperazine rings is 1. The molecule has 1 aliphatic rings. The molecule has 6 rings (SSSR count). The van der Waals surface area contributed by atoms with Crippen LogP contribution in [0.4, 0.5) is 9.52 Å². The molecule has 0 spiro atoms. The molecular formula is C26H24FN7S. The van der Waals surface area contributed by atoms with Gasteiger partial charge >= 0.3 is 0 Å². The molecule has 176 valence electrons. The Labute approximate surface area is 206 Å². The number of nitrogens with zero attached hydrogens (tertiary/aromatic N) is 7. The summed E-state index contributed by atoms with van der Waals surface area (Å²) in [6.07, 6.45) is 0. The predicted molar refractivity (Wildman–Crippen MR) is 135 cm³/mol. The molecular weight excluding hydrogens is 461 g/mol. The van der Waals surface area contributed by atoms with Gasteiger partial charge in [0.25, 0.3) is 0 Å². The zero-order chi connectivity index (χ0) is 23.6. The number of benzene rings is 3. The molecule has 3 heterocycles. The number of halogens is 1. The van der Waals surface area contributed by atoms with Crippen molar-refractivity contribution in [2.24, 2.45) is 0 Å². The van der Waals surface area contributed by atoms with E-state index >= 15 is 0 Å². The molecule has 7 nitrogen and oxygen atoms in total. The summed E-state index contributed by atoms with van der Waals surface area (Å²) in [5.74, 6) is 0.505. The molecule has 2 aromatic heterocycles. The van der Waals surface area contributed by atoms with Gasteiger partial charge in [-0.05, 0) is 45.8 Å². The Morgan fingerprint density at radius 2 is 1.60 bits per heavy atom. The van der Waals surface area contributed by atoms with Gasteiger partial charge in [-0.1, -0.05) is 65.9 Å². The van der Waals surface area contributed by atoms with E-state index < -0.39 is 0 Å². The van der Waals surface area contributed by atoms with Crippen LogP contribution >= 0.6 is 11.3 Å². The van der Waals surface area contributed by atoms with Crippen molar-refractivity contribution < 1.29 is 4.39 Å². The molecule has 0 amide bonds. The number of tetrazole rings is 1. The summed E-state index contributed by atoms with van der Waals surface area (Å²) in [6.45, 7) is 3.90. The lowest BCUT2D eigenvalue weighted by atomic mass is 10.0. The second kappa shape index (κ2) is 9.52. The lowest BCUT2D eigenvalue weighted by Gasteiger charge is -2.38. The third-order valence-electron chi connectivity index (χ3n) is 6.40. The summed E-state index contributed by atoms with van der Waals surface area (Å²) < 4.78 is 16.8. The zero-order valence-electron chi connectivity index (χ0n) is 19.0. The first-order valence-electron chi connectivity index (χ1n) is 11.6. The zero-order valence-corrected chi connectivity index (χ0v) is 19.9. The van der Waals surface area contributed by atoms with Gasteiger partial charge in [0.05, 0.1) is 22.8 Å². The third-order valence-corrected chi connectivity index (χ3v) is 7.49. The van der Waals surface area contributed by atoms with E-state index in [2.05, 4.69) is 55.7 Å². The lowest BCUT2D eigenvalue weighted by Crippen LogP contribution is -2.48. The summed E-state index contributed by atoms with van der Waals surface area (Å²) in [5.41, 5.74) is 3.14. The molecule has 1 fully saturated rings. The van der Waals surface area contributed by atoms with E-state index in [0.717, 1.165) is 53.8 Å². The molecule has 5 aromatic rings. The molecule has 1 aliphatic heterocycles. The van der Waals surface area contributed by atoms with E-state index in [9.17, 15) is 4.39 Å². The molecule has 9 heteroatoms. The number of anilines is 1. The fourth-order valence-electron chi connectivity index (χ4n) is 4.61. The highest BCUT2D eigenvalue weighted by Crippen LogP contribution is 2.32. The monoisotopic (exact) mass is 485 g/mol. The number of thiazole rings is 1. The number of para-hydroxylation sites is 1. The smallest absolute Gasteiger partial charge is 0.186 e. The molecule has 0 bridgehead atoms. The number of aromatic nitrogens is 5. The predicted octanol–water partition coefficient (Wildman–Crippen LogP) is 4.38. The topological polar surface area (TPSA) is 63.0 Å². The largest absolute Gasteiger partial charge is 0.345 e. The van der Waals surface area contributed by atoms with Crippen molar-refractivity contribution in [3.63, 3.8) is 0 Å². The van der Waals surface area contributed by atoms with Crippen molar-refractivity contribution in [1.29, 1.82) is 0 Å². The van der Waals surface area contributed by atoms with E-state index in [4.69, 9.17) is 4.98 Å². The highest BCUT2D eigenvalue weighted by molar-refractivity contribution is 7.22. The van der Waals surface area contributed by atoms with Crippen molar-refractivity contribution in [2.75, 3.05) is 31.1 Å². The minimum absolute atomic E-state index is 0.174. The van der Waals surface area contributed by atoms with Crippen LogP contribution in [-0.2, 0) is 6.54 Å². The Morgan fingerprint density at radius 3 is 2.37 bits per heavy atom. The Kier molecular flexibility index (Phi) is 5.93. The second-order valence-electron chi connectivity index (χ2n) is 8.62. The Hall–Kier alpha value is -3.69. The molecule has 3 aromatic carbocycles. The van der Waals surface area contributed by atoms with Gasteiger partial charge in [0.15, 0.2) is 11.0 Å². The molecule has 0 unspecified atom stereocenters. The highest BCUT2D eigenvalue weighted by Gasteiger charge is 2.31. The fraction of sp³-hybridized carbons (Fsp3) is 0.231. The minimum Gasteiger partial charge on any atom is -0.345 e. The maximum absolute atomic E-state index is 13.8. The van der Waals surface area contributed by atoms with Crippen LogP contribution in [0.1, 0.15) is 23.0 Å². The van der Waals surface area contributed by atoms with Gasteiger partial charge in [-0.15, -0.1) is 5.10 Å². The Morgan fingerprint density at radius 1 is 0.857 bits per heavy atom. The van der Waals surface area contributed by atoms with E-state index in [1.807, 2.05) is 41.1 Å². The first kappa shape index (κ1) is 21.8. The quantitative estimate of drug-likeness (QED) is 0.356. The average Bonchev–Trinajstić information content (AvgIpc) is 3.54. The second-order valence-corrected chi connectivity index (χ2v) is 9.63. The summed E-state index contributed by atoms with van der Waals surface area (Å²) in [4.78, 5) is 9.56. The van der Waals surface area contributed by atoms with Gasteiger partial charge in [-0.25, -0.2) is 14.1 Å². The molecule has 0 aliphatic carbocycles. The molecule has 1 saturated heterocycles. The Balaban J connectivity index is 1.27. The number of rotatable bonds is 6. The van der Waals surface area contributed by atoms with Crippen LogP contribution in [-0.4, -0.2) is 56.3 Å². The number of hydrogen-bond donors (Lipinski definition) is 0. The van der Waals surface area contributed by atoms with Crippen molar-refractivity contribution >= 4 is 26.7 Å². The molecule has 35 heavy (non-hydrogen) atoms. The summed E-state index contributed by atoms with van der Waals surface area (Å²) >= 11 is 1.73. The lowest BCUT2D eigenvalue weighted by molar-refractivity contribution is 0.201. The van der Waals surface area contributed by atoms with Crippen LogP contribution in [0, 0.1) is 5.82 Å². The van der Waals surface area contributed by atoms with Crippen LogP contribution in [0.15, 0.2) is 78.9 Å². The summed E-state index contributed by atoms with van der Waals surface area (Å²) in [6, 6.07) is 24.9. The van der Waals surface area contributed by atoms with Crippen LogP contribution in [0.3, 0.4) is 0 Å². The van der Waals surface area contributed by atoms with E-state index in [0.29, 0.717) is 6.54 Å². The van der Waals surface area contributed by atoms with Gasteiger partial charge in [0, 0.05) is 26.2 Å². The first-order valence-corrected chi connectivity index (χ1v) is 12.5.